The van der Waals surface area contributed by atoms with Crippen molar-refractivity contribution in [1.82, 2.24) is 9.97 Å². The van der Waals surface area contributed by atoms with Gasteiger partial charge in [0, 0.05) is 17.3 Å². The van der Waals surface area contributed by atoms with E-state index in [0.717, 1.165) is 0 Å². The molecule has 19 heavy (non-hydrogen) atoms. The molecule has 0 atom stereocenters. The average molecular weight is 290 g/mol. The van der Waals surface area contributed by atoms with Gasteiger partial charge in [-0.2, -0.15) is 8.78 Å². The zero-order valence-corrected chi connectivity index (χ0v) is 11.7. The molecule has 1 saturated carbocycles. The van der Waals surface area contributed by atoms with Gasteiger partial charge in [-0.25, -0.2) is 18.4 Å². The first kappa shape index (κ1) is 14.3. The second-order valence-electron chi connectivity index (χ2n) is 4.98. The van der Waals surface area contributed by atoms with Crippen molar-refractivity contribution in [3.8, 4) is 0 Å². The topological polar surface area (TPSA) is 59.9 Å². The summed E-state index contributed by atoms with van der Waals surface area (Å²) in [6.45, 7) is 3.11. The minimum atomic E-state index is -4.82. The van der Waals surface area contributed by atoms with Crippen LogP contribution in [0.5, 0.6) is 0 Å². The van der Waals surface area contributed by atoms with E-state index in [1.54, 1.807) is 19.9 Å². The van der Waals surface area contributed by atoms with Gasteiger partial charge in [-0.1, -0.05) is 12.8 Å². The molecule has 0 saturated heterocycles. The van der Waals surface area contributed by atoms with Gasteiger partial charge in [-0.3, -0.25) is 0 Å². The highest BCUT2D eigenvalue weighted by molar-refractivity contribution is 7.92. The third-order valence-corrected chi connectivity index (χ3v) is 5.10. The summed E-state index contributed by atoms with van der Waals surface area (Å²) in [5, 5.41) is -4.55. The third-order valence-electron chi connectivity index (χ3n) is 3.39. The molecular formula is C12H16F2N2O2S. The molecule has 0 amide bonds. The van der Waals surface area contributed by atoms with Crippen molar-refractivity contribution in [1.29, 1.82) is 0 Å². The number of halogens is 2. The second kappa shape index (κ2) is 4.77. The summed E-state index contributed by atoms with van der Waals surface area (Å²) in [6, 6.07) is 1.55. The predicted molar refractivity (Wildman–Crippen MR) is 65.6 cm³/mol. The maximum absolute atomic E-state index is 14.2. The summed E-state index contributed by atoms with van der Waals surface area (Å²) in [5.41, 5.74) is 0.738. The van der Waals surface area contributed by atoms with Crippen molar-refractivity contribution in [2.45, 2.75) is 49.9 Å². The number of sulfone groups is 1. The molecule has 0 spiro atoms. The van der Waals surface area contributed by atoms with Crippen molar-refractivity contribution in [2.24, 2.45) is 5.92 Å². The predicted octanol–water partition coefficient (Wildman–Crippen LogP) is 2.65. The lowest BCUT2D eigenvalue weighted by Crippen LogP contribution is -2.37. The van der Waals surface area contributed by atoms with Crippen LogP contribution in [-0.2, 0) is 9.84 Å². The Morgan fingerprint density at radius 2 is 1.63 bits per heavy atom. The summed E-state index contributed by atoms with van der Waals surface area (Å²) in [5.74, 6) is -1.12. The van der Waals surface area contributed by atoms with Gasteiger partial charge in [0.05, 0.1) is 0 Å². The fraction of sp³-hybridized carbons (Fsp3) is 0.667. The lowest BCUT2D eigenvalue weighted by Gasteiger charge is -2.22. The maximum atomic E-state index is 14.2. The molecule has 0 N–H and O–H groups in total. The van der Waals surface area contributed by atoms with Gasteiger partial charge in [0.2, 0.25) is 0 Å². The van der Waals surface area contributed by atoms with Crippen LogP contribution < -0.4 is 0 Å². The molecule has 7 heteroatoms. The minimum Gasteiger partial charge on any atom is -0.223 e. The molecule has 0 bridgehead atoms. The molecule has 1 aromatic heterocycles. The summed E-state index contributed by atoms with van der Waals surface area (Å²) in [4.78, 5) is 7.33. The smallest absolute Gasteiger partial charge is 0.223 e. The summed E-state index contributed by atoms with van der Waals surface area (Å²) in [6.07, 6.45) is 1.75. The summed E-state index contributed by atoms with van der Waals surface area (Å²) < 4.78 is 52.5. The lowest BCUT2D eigenvalue weighted by molar-refractivity contribution is 0.0286. The van der Waals surface area contributed by atoms with Gasteiger partial charge in [-0.05, 0) is 32.8 Å². The second-order valence-corrected chi connectivity index (χ2v) is 6.90. The first-order valence-corrected chi connectivity index (χ1v) is 7.68. The van der Waals surface area contributed by atoms with Crippen LogP contribution >= 0.6 is 0 Å². The maximum Gasteiger partial charge on any atom is 0.355 e. The molecule has 1 heterocycles. The SMILES string of the molecule is Cc1cc(C)nc(S(=O)(=O)C(F)(F)C2CCCC2)n1. The van der Waals surface area contributed by atoms with Gasteiger partial charge >= 0.3 is 5.25 Å². The Labute approximate surface area is 111 Å². The number of nitrogens with zero attached hydrogens (tertiary/aromatic N) is 2. The van der Waals surface area contributed by atoms with Crippen molar-refractivity contribution in [3.05, 3.63) is 17.5 Å². The Hall–Kier alpha value is -1.11. The molecule has 4 nitrogen and oxygen atoms in total. The molecule has 2 rings (SSSR count). The van der Waals surface area contributed by atoms with Crippen molar-refractivity contribution in [3.63, 3.8) is 0 Å². The highest BCUT2D eigenvalue weighted by atomic mass is 32.2. The summed E-state index contributed by atoms with van der Waals surface area (Å²) >= 11 is 0. The molecule has 0 aliphatic heterocycles. The molecule has 0 radical (unpaired) electrons. The quantitative estimate of drug-likeness (QED) is 0.803. The van der Waals surface area contributed by atoms with Crippen LogP contribution in [0.3, 0.4) is 0 Å². The highest BCUT2D eigenvalue weighted by Gasteiger charge is 2.54. The lowest BCUT2D eigenvalue weighted by atomic mass is 10.1. The number of hydrogen-bond donors (Lipinski definition) is 0. The van der Waals surface area contributed by atoms with Crippen LogP contribution in [0.1, 0.15) is 37.1 Å². The monoisotopic (exact) mass is 290 g/mol. The van der Waals surface area contributed by atoms with Gasteiger partial charge < -0.3 is 0 Å². The molecule has 106 valence electrons. The Bertz CT molecular complexity index is 561. The van der Waals surface area contributed by atoms with E-state index < -0.39 is 26.2 Å². The molecule has 0 unspecified atom stereocenters. The van der Waals surface area contributed by atoms with E-state index in [1.807, 2.05) is 0 Å². The van der Waals surface area contributed by atoms with Crippen molar-refractivity contribution >= 4 is 9.84 Å². The van der Waals surface area contributed by atoms with Crippen LogP contribution in [0.4, 0.5) is 8.78 Å². The Kier molecular flexibility index (Phi) is 3.59. The van der Waals surface area contributed by atoms with E-state index in [9.17, 15) is 17.2 Å². The van der Waals surface area contributed by atoms with Gasteiger partial charge in [0.25, 0.3) is 15.0 Å². The largest absolute Gasteiger partial charge is 0.355 e. The van der Waals surface area contributed by atoms with Crippen LogP contribution in [0, 0.1) is 19.8 Å². The highest BCUT2D eigenvalue weighted by Crippen LogP contribution is 2.43. The van der Waals surface area contributed by atoms with Crippen LogP contribution in [0.25, 0.3) is 0 Å². The standard InChI is InChI=1S/C12H16F2N2O2S/c1-8-7-9(2)16-11(15-8)19(17,18)12(13,14)10-5-3-4-6-10/h7,10H,3-6H2,1-2H3. The number of hydrogen-bond acceptors (Lipinski definition) is 4. The zero-order chi connectivity index (χ0) is 14.3. The molecule has 1 fully saturated rings. The Morgan fingerprint density at radius 1 is 1.16 bits per heavy atom. The fourth-order valence-electron chi connectivity index (χ4n) is 2.42. The Morgan fingerprint density at radius 3 is 2.11 bits per heavy atom. The van der Waals surface area contributed by atoms with Gasteiger partial charge in [0.1, 0.15) is 0 Å². The van der Waals surface area contributed by atoms with E-state index in [1.165, 1.54) is 0 Å². The van der Waals surface area contributed by atoms with Crippen LogP contribution in [0.2, 0.25) is 0 Å². The zero-order valence-electron chi connectivity index (χ0n) is 10.9. The molecule has 1 aromatic rings. The molecular weight excluding hydrogens is 274 g/mol. The van der Waals surface area contributed by atoms with Gasteiger partial charge in [-0.15, -0.1) is 0 Å². The average Bonchev–Trinajstić information content (AvgIpc) is 2.81. The van der Waals surface area contributed by atoms with E-state index in [0.29, 0.717) is 24.2 Å². The normalized spacial score (nSPS) is 17.9. The van der Waals surface area contributed by atoms with E-state index >= 15 is 0 Å². The van der Waals surface area contributed by atoms with Crippen molar-refractivity contribution in [2.75, 3.05) is 0 Å². The molecule has 1 aliphatic carbocycles. The number of aromatic nitrogens is 2. The first-order chi connectivity index (χ1) is 8.75. The van der Waals surface area contributed by atoms with E-state index in [4.69, 9.17) is 0 Å². The molecule has 1 aliphatic rings. The number of rotatable bonds is 3. The first-order valence-electron chi connectivity index (χ1n) is 6.20. The third kappa shape index (κ3) is 2.48. The van der Waals surface area contributed by atoms with E-state index in [2.05, 4.69) is 9.97 Å². The van der Waals surface area contributed by atoms with Crippen LogP contribution in [0.15, 0.2) is 11.2 Å². The van der Waals surface area contributed by atoms with Gasteiger partial charge in [0.15, 0.2) is 0 Å². The van der Waals surface area contributed by atoms with Crippen molar-refractivity contribution < 1.29 is 17.2 Å². The number of aryl methyl sites for hydroxylation is 2. The number of alkyl halides is 2. The minimum absolute atomic E-state index is 0.233. The fourth-order valence-corrected chi connectivity index (χ4v) is 3.86. The molecule has 0 aromatic carbocycles. The Balaban J connectivity index is 2.46. The van der Waals surface area contributed by atoms with Crippen LogP contribution in [-0.4, -0.2) is 23.6 Å². The van der Waals surface area contributed by atoms with E-state index in [-0.39, 0.29) is 12.8 Å². The summed E-state index contributed by atoms with van der Waals surface area (Å²) in [7, 11) is -4.82.